The van der Waals surface area contributed by atoms with Gasteiger partial charge in [0.25, 0.3) is 0 Å². The molecule has 2 rings (SSSR count). The van der Waals surface area contributed by atoms with Crippen molar-refractivity contribution in [3.8, 4) is 10.6 Å². The highest BCUT2D eigenvalue weighted by atomic mass is 35.5. The molecule has 2 nitrogen and oxygen atoms in total. The van der Waals surface area contributed by atoms with Gasteiger partial charge in [-0.15, -0.1) is 11.3 Å². The van der Waals surface area contributed by atoms with Gasteiger partial charge in [0.15, 0.2) is 5.82 Å². The quantitative estimate of drug-likeness (QED) is 0.893. The van der Waals surface area contributed by atoms with Crippen LogP contribution in [0.2, 0.25) is 5.02 Å². The van der Waals surface area contributed by atoms with Crippen LogP contribution in [0.1, 0.15) is 30.5 Å². The highest BCUT2D eigenvalue weighted by Crippen LogP contribution is 2.34. The molecule has 19 heavy (non-hydrogen) atoms. The second kappa shape index (κ2) is 5.99. The van der Waals surface area contributed by atoms with Gasteiger partial charge in [-0.25, -0.2) is 9.37 Å². The Hall–Kier alpha value is -0.970. The van der Waals surface area contributed by atoms with Crippen molar-refractivity contribution in [2.75, 3.05) is 6.54 Å². The fraction of sp³-hybridized carbons (Fsp3) is 0.357. The van der Waals surface area contributed by atoms with Crippen LogP contribution >= 0.6 is 22.9 Å². The first-order valence-electron chi connectivity index (χ1n) is 6.19. The highest BCUT2D eigenvalue weighted by molar-refractivity contribution is 7.15. The maximum Gasteiger partial charge on any atom is 0.152 e. The first-order valence-corrected chi connectivity index (χ1v) is 7.39. The van der Waals surface area contributed by atoms with E-state index in [1.54, 1.807) is 18.2 Å². The fourth-order valence-electron chi connectivity index (χ4n) is 1.99. The lowest BCUT2D eigenvalue weighted by atomic mass is 10.2. The Labute approximate surface area is 121 Å². The smallest absolute Gasteiger partial charge is 0.152 e. The standard InChI is InChI=1S/C14H16ClFN2S/c1-4-17-8(2)13-9(3)18-14(19-13)10-6-5-7-11(15)12(10)16/h5-8,17H,4H2,1-3H3. The minimum Gasteiger partial charge on any atom is -0.310 e. The summed E-state index contributed by atoms with van der Waals surface area (Å²) < 4.78 is 14.0. The number of hydrogen-bond acceptors (Lipinski definition) is 3. The van der Waals surface area contributed by atoms with E-state index in [1.165, 1.54) is 11.3 Å². The van der Waals surface area contributed by atoms with Crippen LogP contribution in [-0.2, 0) is 0 Å². The molecule has 0 bridgehead atoms. The van der Waals surface area contributed by atoms with Crippen LogP contribution in [-0.4, -0.2) is 11.5 Å². The molecule has 1 aromatic heterocycles. The maximum absolute atomic E-state index is 14.0. The average molecular weight is 299 g/mol. The number of rotatable bonds is 4. The Morgan fingerprint density at radius 2 is 2.21 bits per heavy atom. The number of benzene rings is 1. The van der Waals surface area contributed by atoms with Crippen molar-refractivity contribution in [3.63, 3.8) is 0 Å². The summed E-state index contributed by atoms with van der Waals surface area (Å²) in [5, 5.41) is 4.15. The van der Waals surface area contributed by atoms with Crippen molar-refractivity contribution >= 4 is 22.9 Å². The monoisotopic (exact) mass is 298 g/mol. The first-order chi connectivity index (χ1) is 9.04. The van der Waals surface area contributed by atoms with Crippen molar-refractivity contribution < 1.29 is 4.39 Å². The van der Waals surface area contributed by atoms with Crippen LogP contribution in [0.4, 0.5) is 4.39 Å². The second-order valence-electron chi connectivity index (χ2n) is 4.35. The van der Waals surface area contributed by atoms with Crippen LogP contribution in [0.3, 0.4) is 0 Å². The van der Waals surface area contributed by atoms with Crippen molar-refractivity contribution in [1.29, 1.82) is 0 Å². The predicted octanol–water partition coefficient (Wildman–Crippen LogP) is 4.58. The summed E-state index contributed by atoms with van der Waals surface area (Å²) in [7, 11) is 0. The minimum absolute atomic E-state index is 0.131. The molecule has 102 valence electrons. The van der Waals surface area contributed by atoms with Crippen molar-refractivity contribution in [3.05, 3.63) is 39.6 Å². The molecule has 0 aliphatic rings. The summed E-state index contributed by atoms with van der Waals surface area (Å²) in [5.41, 5.74) is 1.41. The number of aryl methyl sites for hydroxylation is 1. The largest absolute Gasteiger partial charge is 0.310 e. The van der Waals surface area contributed by atoms with Gasteiger partial charge in [-0.3, -0.25) is 0 Å². The summed E-state index contributed by atoms with van der Waals surface area (Å²) >= 11 is 7.32. The number of hydrogen-bond donors (Lipinski definition) is 1. The van der Waals surface area contributed by atoms with Gasteiger partial charge in [-0.2, -0.15) is 0 Å². The molecule has 1 N–H and O–H groups in total. The summed E-state index contributed by atoms with van der Waals surface area (Å²) in [5.74, 6) is -0.402. The Morgan fingerprint density at radius 1 is 1.47 bits per heavy atom. The molecule has 0 spiro atoms. The number of nitrogens with one attached hydrogen (secondary N) is 1. The fourth-order valence-corrected chi connectivity index (χ4v) is 3.28. The molecule has 0 amide bonds. The lowest BCUT2D eigenvalue weighted by molar-refractivity contribution is 0.603. The van der Waals surface area contributed by atoms with E-state index in [0.717, 1.165) is 17.1 Å². The van der Waals surface area contributed by atoms with E-state index in [-0.39, 0.29) is 11.1 Å². The molecule has 1 aromatic carbocycles. The third-order valence-corrected chi connectivity index (χ3v) is 4.58. The molecule has 1 unspecified atom stereocenters. The Kier molecular flexibility index (Phi) is 4.55. The van der Waals surface area contributed by atoms with E-state index in [0.29, 0.717) is 10.6 Å². The summed E-state index contributed by atoms with van der Waals surface area (Å²) in [6, 6.07) is 5.22. The average Bonchev–Trinajstić information content (AvgIpc) is 2.75. The van der Waals surface area contributed by atoms with E-state index in [4.69, 9.17) is 11.6 Å². The number of thiazole rings is 1. The number of nitrogens with zero attached hydrogens (tertiary/aromatic N) is 1. The molecule has 0 saturated heterocycles. The molecule has 0 aliphatic heterocycles. The summed E-state index contributed by atoms with van der Waals surface area (Å²) in [6.45, 7) is 6.98. The summed E-state index contributed by atoms with van der Waals surface area (Å²) in [6.07, 6.45) is 0. The third kappa shape index (κ3) is 2.96. The van der Waals surface area contributed by atoms with Gasteiger partial charge in [0, 0.05) is 16.5 Å². The van der Waals surface area contributed by atoms with Crippen LogP contribution in [0, 0.1) is 12.7 Å². The topological polar surface area (TPSA) is 24.9 Å². The molecular formula is C14H16ClFN2S. The molecule has 1 atom stereocenters. The van der Waals surface area contributed by atoms with Gasteiger partial charge < -0.3 is 5.32 Å². The van der Waals surface area contributed by atoms with Gasteiger partial charge in [0.2, 0.25) is 0 Å². The summed E-state index contributed by atoms with van der Waals surface area (Å²) in [4.78, 5) is 5.60. The molecule has 0 saturated carbocycles. The van der Waals surface area contributed by atoms with Gasteiger partial charge in [-0.05, 0) is 32.5 Å². The lowest BCUT2D eigenvalue weighted by Crippen LogP contribution is -2.17. The normalized spacial score (nSPS) is 12.7. The number of halogens is 2. The van der Waals surface area contributed by atoms with Crippen molar-refractivity contribution in [2.24, 2.45) is 0 Å². The molecule has 2 aromatic rings. The van der Waals surface area contributed by atoms with Crippen LogP contribution in [0.25, 0.3) is 10.6 Å². The minimum atomic E-state index is -0.402. The zero-order chi connectivity index (χ0) is 14.0. The molecule has 0 fully saturated rings. The molecule has 0 aliphatic carbocycles. The predicted molar refractivity (Wildman–Crippen MR) is 79.3 cm³/mol. The van der Waals surface area contributed by atoms with E-state index in [2.05, 4.69) is 24.1 Å². The first kappa shape index (κ1) is 14.4. The van der Waals surface area contributed by atoms with Gasteiger partial charge in [0.05, 0.1) is 10.7 Å². The van der Waals surface area contributed by atoms with E-state index in [9.17, 15) is 4.39 Å². The number of aromatic nitrogens is 1. The van der Waals surface area contributed by atoms with Crippen molar-refractivity contribution in [1.82, 2.24) is 10.3 Å². The molecule has 0 radical (unpaired) electrons. The zero-order valence-electron chi connectivity index (χ0n) is 11.1. The maximum atomic E-state index is 14.0. The zero-order valence-corrected chi connectivity index (χ0v) is 12.7. The van der Waals surface area contributed by atoms with Gasteiger partial charge >= 0.3 is 0 Å². The van der Waals surface area contributed by atoms with E-state index < -0.39 is 5.82 Å². The highest BCUT2D eigenvalue weighted by Gasteiger charge is 2.17. The second-order valence-corrected chi connectivity index (χ2v) is 5.79. The van der Waals surface area contributed by atoms with E-state index in [1.807, 2.05) is 6.92 Å². The SMILES string of the molecule is CCNC(C)c1sc(-c2cccc(Cl)c2F)nc1C. The molecular weight excluding hydrogens is 283 g/mol. The van der Waals surface area contributed by atoms with E-state index >= 15 is 0 Å². The van der Waals surface area contributed by atoms with Crippen LogP contribution < -0.4 is 5.32 Å². The Bertz CT molecular complexity index is 583. The Balaban J connectivity index is 2.42. The van der Waals surface area contributed by atoms with Gasteiger partial charge in [-0.1, -0.05) is 24.6 Å². The van der Waals surface area contributed by atoms with Crippen LogP contribution in [0.15, 0.2) is 18.2 Å². The van der Waals surface area contributed by atoms with Crippen molar-refractivity contribution in [2.45, 2.75) is 26.8 Å². The lowest BCUT2D eigenvalue weighted by Gasteiger charge is -2.09. The Morgan fingerprint density at radius 3 is 2.89 bits per heavy atom. The van der Waals surface area contributed by atoms with Crippen LogP contribution in [0.5, 0.6) is 0 Å². The van der Waals surface area contributed by atoms with Gasteiger partial charge in [0.1, 0.15) is 5.01 Å². The molecule has 1 heterocycles. The molecule has 5 heteroatoms. The third-order valence-electron chi connectivity index (χ3n) is 2.92.